The van der Waals surface area contributed by atoms with E-state index in [1.165, 1.54) is 0 Å². The highest BCUT2D eigenvalue weighted by Gasteiger charge is 2.40. The molecule has 1 aliphatic rings. The predicted molar refractivity (Wildman–Crippen MR) is 86.8 cm³/mol. The fraction of sp³-hybridized carbons (Fsp3) is 0.444. The Hall–Kier alpha value is -2.10. The maximum absolute atomic E-state index is 12.3. The van der Waals surface area contributed by atoms with Gasteiger partial charge in [-0.25, -0.2) is 4.68 Å². The number of carbonyl (C=O) groups is 1. The molecule has 0 spiro atoms. The molecule has 116 valence electrons. The normalized spacial score (nSPS) is 20.0. The highest BCUT2D eigenvalue weighted by molar-refractivity contribution is 5.81. The Morgan fingerprint density at radius 1 is 1.32 bits per heavy atom. The largest absolute Gasteiger partial charge is 0.341 e. The third kappa shape index (κ3) is 2.65. The summed E-state index contributed by atoms with van der Waals surface area (Å²) in [5.41, 5.74) is 4.30. The second-order valence-electron chi connectivity index (χ2n) is 6.41. The van der Waals surface area contributed by atoms with E-state index in [9.17, 15) is 4.79 Å². The summed E-state index contributed by atoms with van der Waals surface area (Å²) in [5.74, 6) is 1.04. The highest BCUT2D eigenvalue weighted by Crippen LogP contribution is 2.39. The Bertz CT molecular complexity index is 690. The van der Waals surface area contributed by atoms with E-state index in [2.05, 4.69) is 18.9 Å². The van der Waals surface area contributed by atoms with Crippen molar-refractivity contribution in [2.75, 3.05) is 7.05 Å². The number of benzene rings is 1. The van der Waals surface area contributed by atoms with Crippen LogP contribution < -0.4 is 0 Å². The Morgan fingerprint density at radius 2 is 1.95 bits per heavy atom. The van der Waals surface area contributed by atoms with Gasteiger partial charge in [-0.15, -0.1) is 0 Å². The molecule has 0 aliphatic heterocycles. The minimum absolute atomic E-state index is 0.231. The van der Waals surface area contributed by atoms with Gasteiger partial charge in [-0.2, -0.15) is 5.10 Å². The molecular weight excluding hydrogens is 274 g/mol. The van der Waals surface area contributed by atoms with Gasteiger partial charge < -0.3 is 4.90 Å². The first kappa shape index (κ1) is 14.8. The van der Waals surface area contributed by atoms with Gasteiger partial charge in [0.15, 0.2) is 0 Å². The van der Waals surface area contributed by atoms with Gasteiger partial charge in [0, 0.05) is 30.8 Å². The number of hydrogen-bond donors (Lipinski definition) is 0. The number of para-hydroxylation sites is 1. The van der Waals surface area contributed by atoms with Crippen LogP contribution in [-0.2, 0) is 11.3 Å². The number of nitrogens with zero attached hydrogens (tertiary/aromatic N) is 3. The predicted octanol–water partition coefficient (Wildman–Crippen LogP) is 3.10. The van der Waals surface area contributed by atoms with Gasteiger partial charge in [0.2, 0.25) is 5.91 Å². The maximum atomic E-state index is 12.3. The van der Waals surface area contributed by atoms with Crippen LogP contribution in [0.15, 0.2) is 30.3 Å². The zero-order chi connectivity index (χ0) is 15.9. The van der Waals surface area contributed by atoms with E-state index in [0.717, 1.165) is 29.1 Å². The number of amides is 1. The molecule has 0 saturated heterocycles. The smallest absolute Gasteiger partial charge is 0.226 e. The van der Waals surface area contributed by atoms with Crippen LogP contribution in [0.4, 0.5) is 0 Å². The maximum Gasteiger partial charge on any atom is 0.226 e. The van der Waals surface area contributed by atoms with Crippen LogP contribution in [0.2, 0.25) is 0 Å². The highest BCUT2D eigenvalue weighted by atomic mass is 16.2. The molecule has 0 N–H and O–H groups in total. The number of hydrogen-bond acceptors (Lipinski definition) is 2. The third-order valence-corrected chi connectivity index (χ3v) is 4.64. The summed E-state index contributed by atoms with van der Waals surface area (Å²) in [7, 11) is 1.89. The fourth-order valence-electron chi connectivity index (χ4n) is 2.99. The van der Waals surface area contributed by atoms with Crippen molar-refractivity contribution in [3.63, 3.8) is 0 Å². The third-order valence-electron chi connectivity index (χ3n) is 4.64. The molecule has 1 fully saturated rings. The second kappa shape index (κ2) is 5.59. The molecule has 0 radical (unpaired) electrons. The van der Waals surface area contributed by atoms with Crippen molar-refractivity contribution in [2.45, 2.75) is 33.7 Å². The molecule has 2 aromatic rings. The Labute approximate surface area is 131 Å². The van der Waals surface area contributed by atoms with Crippen molar-refractivity contribution in [3.8, 4) is 5.69 Å². The lowest BCUT2D eigenvalue weighted by molar-refractivity contribution is -0.132. The van der Waals surface area contributed by atoms with E-state index in [4.69, 9.17) is 0 Å². The molecule has 1 aromatic carbocycles. The molecule has 1 amide bonds. The first-order valence-electron chi connectivity index (χ1n) is 7.84. The molecule has 0 unspecified atom stereocenters. The molecule has 1 aliphatic carbocycles. The number of aryl methyl sites for hydroxylation is 1. The van der Waals surface area contributed by atoms with Gasteiger partial charge in [-0.3, -0.25) is 4.79 Å². The van der Waals surface area contributed by atoms with Crippen LogP contribution >= 0.6 is 0 Å². The van der Waals surface area contributed by atoms with Crippen molar-refractivity contribution in [3.05, 3.63) is 47.3 Å². The van der Waals surface area contributed by atoms with Crippen molar-refractivity contribution < 1.29 is 4.79 Å². The molecule has 4 nitrogen and oxygen atoms in total. The zero-order valence-electron chi connectivity index (χ0n) is 13.7. The number of rotatable bonds is 4. The van der Waals surface area contributed by atoms with E-state index in [1.807, 2.05) is 53.9 Å². The van der Waals surface area contributed by atoms with Crippen molar-refractivity contribution in [2.24, 2.45) is 11.8 Å². The molecule has 22 heavy (non-hydrogen) atoms. The van der Waals surface area contributed by atoms with Gasteiger partial charge in [0.1, 0.15) is 0 Å². The number of aromatic nitrogens is 2. The standard InChI is InChI=1S/C18H23N3O/c1-12-10-16(12)18(22)20(4)11-17-13(2)19-21(14(17)3)15-8-6-5-7-9-15/h5-9,12,16H,10-11H2,1-4H3/t12-,16-/m1/s1. The van der Waals surface area contributed by atoms with E-state index < -0.39 is 0 Å². The Kier molecular flexibility index (Phi) is 3.77. The summed E-state index contributed by atoms with van der Waals surface area (Å²) >= 11 is 0. The summed E-state index contributed by atoms with van der Waals surface area (Å²) in [5, 5.41) is 4.65. The summed E-state index contributed by atoms with van der Waals surface area (Å²) in [6.07, 6.45) is 1.03. The average molecular weight is 297 g/mol. The molecular formula is C18H23N3O. The first-order valence-corrected chi connectivity index (χ1v) is 7.84. The molecule has 0 bridgehead atoms. The Balaban J connectivity index is 1.83. The zero-order valence-corrected chi connectivity index (χ0v) is 13.7. The summed E-state index contributed by atoms with van der Waals surface area (Å²) in [6.45, 7) is 6.85. The lowest BCUT2D eigenvalue weighted by Crippen LogP contribution is -2.28. The van der Waals surface area contributed by atoms with Gasteiger partial charge in [0.25, 0.3) is 0 Å². The minimum Gasteiger partial charge on any atom is -0.341 e. The molecule has 4 heteroatoms. The first-order chi connectivity index (χ1) is 10.5. The van der Waals surface area contributed by atoms with Gasteiger partial charge in [-0.05, 0) is 38.3 Å². The van der Waals surface area contributed by atoms with Gasteiger partial charge in [-0.1, -0.05) is 25.1 Å². The topological polar surface area (TPSA) is 38.1 Å². The van der Waals surface area contributed by atoms with Crippen molar-refractivity contribution in [1.82, 2.24) is 14.7 Å². The van der Waals surface area contributed by atoms with E-state index in [1.54, 1.807) is 0 Å². The molecule has 1 saturated carbocycles. The van der Waals surface area contributed by atoms with E-state index in [0.29, 0.717) is 12.5 Å². The van der Waals surface area contributed by atoms with Crippen LogP contribution in [0.25, 0.3) is 5.69 Å². The fourth-order valence-corrected chi connectivity index (χ4v) is 2.99. The monoisotopic (exact) mass is 297 g/mol. The van der Waals surface area contributed by atoms with Crippen LogP contribution in [0.5, 0.6) is 0 Å². The molecule has 1 heterocycles. The molecule has 3 rings (SSSR count). The molecule has 2 atom stereocenters. The Morgan fingerprint density at radius 3 is 2.55 bits per heavy atom. The summed E-state index contributed by atoms with van der Waals surface area (Å²) < 4.78 is 1.96. The van der Waals surface area contributed by atoms with Crippen molar-refractivity contribution in [1.29, 1.82) is 0 Å². The van der Waals surface area contributed by atoms with Gasteiger partial charge >= 0.3 is 0 Å². The minimum atomic E-state index is 0.231. The number of carbonyl (C=O) groups excluding carboxylic acids is 1. The quantitative estimate of drug-likeness (QED) is 0.869. The average Bonchev–Trinajstić information content (AvgIpc) is 3.19. The lowest BCUT2D eigenvalue weighted by Gasteiger charge is -2.17. The lowest BCUT2D eigenvalue weighted by atomic mass is 10.1. The summed E-state index contributed by atoms with van der Waals surface area (Å²) in [6, 6.07) is 10.1. The van der Waals surface area contributed by atoms with E-state index in [-0.39, 0.29) is 11.8 Å². The van der Waals surface area contributed by atoms with Crippen LogP contribution in [0.3, 0.4) is 0 Å². The van der Waals surface area contributed by atoms with Crippen LogP contribution in [0.1, 0.15) is 30.3 Å². The SMILES string of the molecule is Cc1nn(-c2ccccc2)c(C)c1CN(C)C(=O)[C@@H]1C[C@H]1C. The summed E-state index contributed by atoms with van der Waals surface area (Å²) in [4.78, 5) is 14.2. The second-order valence-corrected chi connectivity index (χ2v) is 6.41. The van der Waals surface area contributed by atoms with Crippen LogP contribution in [-0.4, -0.2) is 27.6 Å². The van der Waals surface area contributed by atoms with E-state index >= 15 is 0 Å². The van der Waals surface area contributed by atoms with Gasteiger partial charge in [0.05, 0.1) is 11.4 Å². The molecule has 1 aromatic heterocycles. The van der Waals surface area contributed by atoms with Crippen molar-refractivity contribution >= 4 is 5.91 Å². The van der Waals surface area contributed by atoms with Crippen LogP contribution in [0, 0.1) is 25.7 Å².